The standard InChI is InChI=1S/C24H24N6/c1-14-3-5-16(6-4-14)12-26-13-17-7-8-20-18(9-17)10-21(29-20)19-11-22(25)30-24-23(19)27-15(2)28-24/h3-11,26,29H,12-13H2,1-2H3,(H3,25,27,28,30). The van der Waals surface area contributed by atoms with E-state index in [0.717, 1.165) is 46.6 Å². The molecule has 0 fully saturated rings. The lowest BCUT2D eigenvalue weighted by atomic mass is 10.1. The summed E-state index contributed by atoms with van der Waals surface area (Å²) in [6, 6.07) is 19.1. The highest BCUT2D eigenvalue weighted by atomic mass is 15.0. The van der Waals surface area contributed by atoms with Gasteiger partial charge in [-0.3, -0.25) is 0 Å². The van der Waals surface area contributed by atoms with Crippen molar-refractivity contribution in [1.82, 2.24) is 25.3 Å². The van der Waals surface area contributed by atoms with Crippen LogP contribution < -0.4 is 11.1 Å². The molecule has 0 saturated carbocycles. The maximum atomic E-state index is 6.02. The van der Waals surface area contributed by atoms with Crippen molar-refractivity contribution >= 4 is 27.9 Å². The molecule has 0 aliphatic heterocycles. The Morgan fingerprint density at radius 2 is 1.63 bits per heavy atom. The Balaban J connectivity index is 1.40. The number of hydrogen-bond donors (Lipinski definition) is 4. The number of anilines is 1. The Bertz CT molecular complexity index is 1340. The molecule has 0 spiro atoms. The number of nitrogens with zero attached hydrogens (tertiary/aromatic N) is 2. The van der Waals surface area contributed by atoms with Crippen LogP contribution in [0.4, 0.5) is 5.82 Å². The average molecular weight is 396 g/mol. The van der Waals surface area contributed by atoms with E-state index in [1.54, 1.807) is 0 Å². The normalized spacial score (nSPS) is 11.5. The quantitative estimate of drug-likeness (QED) is 0.349. The third kappa shape index (κ3) is 3.53. The highest BCUT2D eigenvalue weighted by Gasteiger charge is 2.13. The number of nitrogens with two attached hydrogens (primary N) is 1. The van der Waals surface area contributed by atoms with Gasteiger partial charge in [-0.05, 0) is 49.2 Å². The molecule has 0 saturated heterocycles. The lowest BCUT2D eigenvalue weighted by Crippen LogP contribution is -2.12. The molecule has 30 heavy (non-hydrogen) atoms. The topological polar surface area (TPSA) is 95.4 Å². The number of hydrogen-bond acceptors (Lipinski definition) is 4. The number of aryl methyl sites for hydroxylation is 2. The van der Waals surface area contributed by atoms with E-state index in [4.69, 9.17) is 5.73 Å². The number of aromatic amines is 2. The van der Waals surface area contributed by atoms with Gasteiger partial charge in [0, 0.05) is 35.2 Å². The molecule has 0 bridgehead atoms. The highest BCUT2D eigenvalue weighted by Crippen LogP contribution is 2.30. The fourth-order valence-electron chi connectivity index (χ4n) is 3.83. The number of aromatic nitrogens is 4. The average Bonchev–Trinajstić information content (AvgIpc) is 3.31. The van der Waals surface area contributed by atoms with Gasteiger partial charge in [-0.2, -0.15) is 0 Å². The molecule has 0 aliphatic rings. The van der Waals surface area contributed by atoms with Crippen molar-refractivity contribution < 1.29 is 0 Å². The van der Waals surface area contributed by atoms with E-state index in [2.05, 4.69) is 80.7 Å². The zero-order valence-corrected chi connectivity index (χ0v) is 17.1. The van der Waals surface area contributed by atoms with Crippen LogP contribution in [0, 0.1) is 13.8 Å². The van der Waals surface area contributed by atoms with Crippen molar-refractivity contribution in [2.24, 2.45) is 0 Å². The summed E-state index contributed by atoms with van der Waals surface area (Å²) in [5.41, 5.74) is 14.4. The Morgan fingerprint density at radius 1 is 0.867 bits per heavy atom. The third-order valence-electron chi connectivity index (χ3n) is 5.35. The first-order chi connectivity index (χ1) is 14.5. The number of nitrogen functional groups attached to an aromatic ring is 1. The summed E-state index contributed by atoms with van der Waals surface area (Å²) in [5, 5.41) is 4.69. The summed E-state index contributed by atoms with van der Waals surface area (Å²) in [4.78, 5) is 15.6. The van der Waals surface area contributed by atoms with E-state index in [1.807, 2.05) is 13.0 Å². The van der Waals surface area contributed by atoms with Gasteiger partial charge in [0.25, 0.3) is 0 Å². The second-order valence-corrected chi connectivity index (χ2v) is 7.81. The molecule has 6 heteroatoms. The molecule has 5 rings (SSSR count). The number of pyridine rings is 1. The summed E-state index contributed by atoms with van der Waals surface area (Å²) in [5.74, 6) is 1.29. The Labute approximate surface area is 174 Å². The van der Waals surface area contributed by atoms with Gasteiger partial charge in [-0.15, -0.1) is 0 Å². The van der Waals surface area contributed by atoms with Gasteiger partial charge in [0.2, 0.25) is 0 Å². The van der Waals surface area contributed by atoms with Crippen LogP contribution in [-0.4, -0.2) is 19.9 Å². The van der Waals surface area contributed by atoms with Crippen LogP contribution in [0.15, 0.2) is 54.6 Å². The Morgan fingerprint density at radius 3 is 2.47 bits per heavy atom. The van der Waals surface area contributed by atoms with Crippen LogP contribution in [0.1, 0.15) is 22.5 Å². The number of benzene rings is 2. The van der Waals surface area contributed by atoms with Gasteiger partial charge in [-0.25, -0.2) is 9.97 Å². The molecule has 2 aromatic carbocycles. The molecule has 5 N–H and O–H groups in total. The molecule has 0 radical (unpaired) electrons. The van der Waals surface area contributed by atoms with Crippen LogP contribution in [0.25, 0.3) is 33.3 Å². The third-order valence-corrected chi connectivity index (χ3v) is 5.35. The monoisotopic (exact) mass is 396 g/mol. The van der Waals surface area contributed by atoms with Crippen molar-refractivity contribution in [2.45, 2.75) is 26.9 Å². The predicted octanol–water partition coefficient (Wildman–Crippen LogP) is 4.60. The van der Waals surface area contributed by atoms with E-state index in [1.165, 1.54) is 16.7 Å². The number of fused-ring (bicyclic) bond motifs is 2. The van der Waals surface area contributed by atoms with Gasteiger partial charge in [-0.1, -0.05) is 35.9 Å². The first-order valence-corrected chi connectivity index (χ1v) is 10.1. The first-order valence-electron chi connectivity index (χ1n) is 10.1. The molecule has 3 heterocycles. The van der Waals surface area contributed by atoms with Gasteiger partial charge >= 0.3 is 0 Å². The fraction of sp³-hybridized carbons (Fsp3) is 0.167. The molecular weight excluding hydrogens is 372 g/mol. The Kier molecular flexibility index (Phi) is 4.48. The van der Waals surface area contributed by atoms with Crippen LogP contribution in [0.2, 0.25) is 0 Å². The van der Waals surface area contributed by atoms with Gasteiger partial charge < -0.3 is 21.0 Å². The predicted molar refractivity (Wildman–Crippen MR) is 122 cm³/mol. The molecule has 3 aromatic heterocycles. The molecule has 5 aromatic rings. The maximum absolute atomic E-state index is 6.02. The van der Waals surface area contributed by atoms with Gasteiger partial charge in [0.1, 0.15) is 17.2 Å². The van der Waals surface area contributed by atoms with Crippen LogP contribution in [0.5, 0.6) is 0 Å². The number of rotatable bonds is 5. The van der Waals surface area contributed by atoms with Crippen molar-refractivity contribution in [3.63, 3.8) is 0 Å². The first kappa shape index (κ1) is 18.4. The van der Waals surface area contributed by atoms with Gasteiger partial charge in [0.15, 0.2) is 5.65 Å². The van der Waals surface area contributed by atoms with E-state index in [9.17, 15) is 0 Å². The van der Waals surface area contributed by atoms with E-state index in [-0.39, 0.29) is 0 Å². The highest BCUT2D eigenvalue weighted by molar-refractivity contribution is 5.95. The minimum atomic E-state index is 0.473. The smallest absolute Gasteiger partial charge is 0.160 e. The van der Waals surface area contributed by atoms with Crippen LogP contribution >= 0.6 is 0 Å². The number of imidazole rings is 1. The summed E-state index contributed by atoms with van der Waals surface area (Å²) in [6.45, 7) is 5.69. The molecule has 0 amide bonds. The summed E-state index contributed by atoms with van der Waals surface area (Å²) in [6.07, 6.45) is 0. The molecule has 6 nitrogen and oxygen atoms in total. The summed E-state index contributed by atoms with van der Waals surface area (Å²) < 4.78 is 0. The molecule has 0 atom stereocenters. The zero-order chi connectivity index (χ0) is 20.7. The summed E-state index contributed by atoms with van der Waals surface area (Å²) in [7, 11) is 0. The van der Waals surface area contributed by atoms with Crippen molar-refractivity contribution in [3.8, 4) is 11.3 Å². The lowest BCUT2D eigenvalue weighted by Gasteiger charge is -2.06. The number of H-pyrrole nitrogens is 2. The van der Waals surface area contributed by atoms with Crippen molar-refractivity contribution in [1.29, 1.82) is 0 Å². The molecular formula is C24H24N6. The van der Waals surface area contributed by atoms with E-state index in [0.29, 0.717) is 11.5 Å². The minimum Gasteiger partial charge on any atom is -0.384 e. The SMILES string of the molecule is Cc1ccc(CNCc2ccc3[nH]c(-c4cc(N)nc5[nH]c(C)nc45)cc3c2)cc1. The second-order valence-electron chi connectivity index (χ2n) is 7.81. The second kappa shape index (κ2) is 7.31. The van der Waals surface area contributed by atoms with Crippen molar-refractivity contribution in [2.75, 3.05) is 5.73 Å². The molecule has 150 valence electrons. The summed E-state index contributed by atoms with van der Waals surface area (Å²) >= 11 is 0. The zero-order valence-electron chi connectivity index (χ0n) is 17.1. The molecule has 0 aliphatic carbocycles. The van der Waals surface area contributed by atoms with E-state index < -0.39 is 0 Å². The van der Waals surface area contributed by atoms with Crippen molar-refractivity contribution in [3.05, 3.63) is 77.1 Å². The lowest BCUT2D eigenvalue weighted by molar-refractivity contribution is 0.694. The fourth-order valence-corrected chi connectivity index (χ4v) is 3.83. The van der Waals surface area contributed by atoms with E-state index >= 15 is 0 Å². The minimum absolute atomic E-state index is 0.473. The largest absolute Gasteiger partial charge is 0.384 e. The Hall–Kier alpha value is -3.64. The van der Waals surface area contributed by atoms with Crippen LogP contribution in [0.3, 0.4) is 0 Å². The molecule has 0 unspecified atom stereocenters. The van der Waals surface area contributed by atoms with Gasteiger partial charge in [0.05, 0.1) is 0 Å². The number of nitrogens with one attached hydrogen (secondary N) is 3. The maximum Gasteiger partial charge on any atom is 0.160 e. The van der Waals surface area contributed by atoms with Crippen LogP contribution in [-0.2, 0) is 13.1 Å².